The van der Waals surface area contributed by atoms with Crippen molar-refractivity contribution < 1.29 is 13.9 Å². The van der Waals surface area contributed by atoms with Gasteiger partial charge in [0, 0.05) is 73.6 Å². The highest BCUT2D eigenvalue weighted by Gasteiger charge is 2.16. The Labute approximate surface area is 212 Å². The van der Waals surface area contributed by atoms with Crippen molar-refractivity contribution in [1.82, 2.24) is 14.5 Å². The molecule has 0 bridgehead atoms. The minimum atomic E-state index is -0.530. The van der Waals surface area contributed by atoms with E-state index in [1.165, 1.54) is 10.8 Å². The van der Waals surface area contributed by atoms with Crippen LogP contribution in [0.1, 0.15) is 0 Å². The van der Waals surface area contributed by atoms with Gasteiger partial charge in [-0.3, -0.25) is 4.57 Å². The van der Waals surface area contributed by atoms with Crippen LogP contribution in [0.2, 0.25) is 5.02 Å². The van der Waals surface area contributed by atoms with Crippen molar-refractivity contribution in [2.45, 2.75) is 0 Å². The molecular formula is C25H25ClN6O4. The number of amides is 2. The highest BCUT2D eigenvalue weighted by molar-refractivity contribution is 6.31. The normalized spacial score (nSPS) is 14.1. The summed E-state index contributed by atoms with van der Waals surface area (Å²) in [5.74, 6) is 0.263. The zero-order chi connectivity index (χ0) is 25.2. The zero-order valence-corrected chi connectivity index (χ0v) is 20.6. The summed E-state index contributed by atoms with van der Waals surface area (Å²) in [5.41, 5.74) is 2.71. The third kappa shape index (κ3) is 5.14. The zero-order valence-electron chi connectivity index (χ0n) is 19.8. The van der Waals surface area contributed by atoms with Gasteiger partial charge in [0.2, 0.25) is 5.58 Å². The van der Waals surface area contributed by atoms with Crippen LogP contribution in [0, 0.1) is 0 Å². The second-order valence-corrected chi connectivity index (χ2v) is 9.02. The van der Waals surface area contributed by atoms with Crippen LogP contribution < -0.4 is 26.0 Å². The maximum Gasteiger partial charge on any atom is 0.421 e. The van der Waals surface area contributed by atoms with E-state index < -0.39 is 11.8 Å². The molecule has 0 saturated carbocycles. The number of urea groups is 1. The number of likely N-dealkylation sites (N-methyl/N-ethyl adjacent to an activating group) is 1. The fourth-order valence-corrected chi connectivity index (χ4v) is 4.26. The Morgan fingerprint density at radius 1 is 1.03 bits per heavy atom. The van der Waals surface area contributed by atoms with Gasteiger partial charge >= 0.3 is 11.8 Å². The number of rotatable bonds is 5. The van der Waals surface area contributed by atoms with Crippen molar-refractivity contribution in [3.63, 3.8) is 0 Å². The van der Waals surface area contributed by atoms with Gasteiger partial charge in [-0.25, -0.2) is 14.6 Å². The molecule has 2 aromatic carbocycles. The maximum atomic E-state index is 12.7. The largest absolute Gasteiger partial charge is 0.453 e. The number of pyridine rings is 1. The predicted molar refractivity (Wildman–Crippen MR) is 140 cm³/mol. The molecule has 10 nitrogen and oxygen atoms in total. The van der Waals surface area contributed by atoms with Gasteiger partial charge < -0.3 is 29.6 Å². The highest BCUT2D eigenvalue weighted by Crippen LogP contribution is 2.30. The molecule has 1 aliphatic heterocycles. The Bertz CT molecular complexity index is 1480. The number of ether oxygens (including phenoxy) is 1. The van der Waals surface area contributed by atoms with Gasteiger partial charge in [-0.1, -0.05) is 17.7 Å². The topological polar surface area (TPSA) is 105 Å². The quantitative estimate of drug-likeness (QED) is 0.412. The number of hydrogen-bond acceptors (Lipinski definition) is 7. The second-order valence-electron chi connectivity index (χ2n) is 8.59. The van der Waals surface area contributed by atoms with E-state index >= 15 is 0 Å². The number of halogens is 1. The van der Waals surface area contributed by atoms with Crippen molar-refractivity contribution in [3.05, 3.63) is 70.3 Å². The molecule has 1 fully saturated rings. The molecule has 3 heterocycles. The van der Waals surface area contributed by atoms with Crippen LogP contribution in [-0.4, -0.2) is 53.7 Å². The Hall–Kier alpha value is -4.02. The molecule has 4 aromatic rings. The molecule has 1 saturated heterocycles. The molecule has 0 atom stereocenters. The van der Waals surface area contributed by atoms with Gasteiger partial charge in [0.25, 0.3) is 0 Å². The SMILES string of the molecule is CN1CCN(c2cc(Cl)cc(NC(=O)Nc3cccc(Oc4ccnc5c4oc(=O)n5C)c3)c2)CC1. The lowest BCUT2D eigenvalue weighted by molar-refractivity contribution is 0.262. The van der Waals surface area contributed by atoms with E-state index in [-0.39, 0.29) is 5.58 Å². The molecule has 0 aliphatic carbocycles. The molecule has 1 aliphatic rings. The molecule has 2 amide bonds. The van der Waals surface area contributed by atoms with Crippen LogP contribution in [0.4, 0.5) is 21.9 Å². The smallest absolute Gasteiger partial charge is 0.421 e. The number of piperazine rings is 1. The van der Waals surface area contributed by atoms with E-state index in [0.717, 1.165) is 31.9 Å². The van der Waals surface area contributed by atoms with Gasteiger partial charge in [0.15, 0.2) is 11.4 Å². The number of benzene rings is 2. The average molecular weight is 509 g/mol. The van der Waals surface area contributed by atoms with Crippen molar-refractivity contribution in [2.24, 2.45) is 7.05 Å². The van der Waals surface area contributed by atoms with Gasteiger partial charge in [-0.15, -0.1) is 0 Å². The molecular weight excluding hydrogens is 484 g/mol. The minimum absolute atomic E-state index is 0.248. The fourth-order valence-electron chi connectivity index (χ4n) is 4.03. The number of carbonyl (C=O) groups is 1. The van der Waals surface area contributed by atoms with Crippen molar-refractivity contribution in [1.29, 1.82) is 0 Å². The highest BCUT2D eigenvalue weighted by atomic mass is 35.5. The molecule has 186 valence electrons. The number of carbonyl (C=O) groups excluding carboxylic acids is 1. The van der Waals surface area contributed by atoms with Gasteiger partial charge in [0.05, 0.1) is 0 Å². The van der Waals surface area contributed by atoms with Crippen LogP contribution >= 0.6 is 11.6 Å². The van der Waals surface area contributed by atoms with Crippen LogP contribution in [0.3, 0.4) is 0 Å². The van der Waals surface area contributed by atoms with Crippen molar-refractivity contribution in [3.8, 4) is 11.5 Å². The maximum absolute atomic E-state index is 12.7. The molecule has 0 spiro atoms. The Balaban J connectivity index is 1.28. The first-order valence-electron chi connectivity index (χ1n) is 11.4. The summed E-state index contributed by atoms with van der Waals surface area (Å²) >= 11 is 6.33. The minimum Gasteiger partial charge on any atom is -0.453 e. The monoisotopic (exact) mass is 508 g/mol. The Kier molecular flexibility index (Phi) is 6.53. The predicted octanol–water partition coefficient (Wildman–Crippen LogP) is 4.37. The first-order chi connectivity index (χ1) is 17.4. The van der Waals surface area contributed by atoms with Crippen LogP contribution in [0.5, 0.6) is 11.5 Å². The number of fused-ring (bicyclic) bond motifs is 1. The molecule has 0 unspecified atom stereocenters. The van der Waals surface area contributed by atoms with Crippen LogP contribution in [0.15, 0.2) is 63.9 Å². The van der Waals surface area contributed by atoms with E-state index in [0.29, 0.717) is 33.5 Å². The summed E-state index contributed by atoms with van der Waals surface area (Å²) in [6, 6.07) is 13.6. The Morgan fingerprint density at radius 2 is 1.81 bits per heavy atom. The van der Waals surface area contributed by atoms with Crippen LogP contribution in [0.25, 0.3) is 11.2 Å². The number of nitrogens with zero attached hydrogens (tertiary/aromatic N) is 4. The standard InChI is InChI=1S/C25H25ClN6O4/c1-30-8-10-32(11-9-30)19-13-16(26)12-18(14-19)29-24(33)28-17-4-3-5-20(15-17)35-21-6-7-27-23-22(21)36-25(34)31(23)2/h3-7,12-15H,8-11H2,1-2H3,(H2,28,29,33). The van der Waals surface area contributed by atoms with E-state index in [1.54, 1.807) is 43.4 Å². The lowest BCUT2D eigenvalue weighted by Gasteiger charge is -2.34. The lowest BCUT2D eigenvalue weighted by atomic mass is 10.2. The van der Waals surface area contributed by atoms with Gasteiger partial charge in [0.1, 0.15) is 5.75 Å². The molecule has 36 heavy (non-hydrogen) atoms. The van der Waals surface area contributed by atoms with E-state index in [9.17, 15) is 9.59 Å². The third-order valence-electron chi connectivity index (χ3n) is 5.96. The lowest BCUT2D eigenvalue weighted by Crippen LogP contribution is -2.44. The number of aryl methyl sites for hydroxylation is 1. The summed E-state index contributed by atoms with van der Waals surface area (Å²) in [6.45, 7) is 3.72. The summed E-state index contributed by atoms with van der Waals surface area (Å²) in [7, 11) is 3.67. The van der Waals surface area contributed by atoms with E-state index in [1.807, 2.05) is 12.1 Å². The first kappa shape index (κ1) is 23.7. The van der Waals surface area contributed by atoms with Crippen molar-refractivity contribution >= 4 is 45.9 Å². The average Bonchev–Trinajstić information content (AvgIpc) is 3.14. The summed E-state index contributed by atoms with van der Waals surface area (Å²) in [6.07, 6.45) is 1.53. The van der Waals surface area contributed by atoms with E-state index in [4.69, 9.17) is 20.8 Å². The fraction of sp³-hybridized carbons (Fsp3) is 0.240. The number of aromatic nitrogens is 2. The third-order valence-corrected chi connectivity index (χ3v) is 6.18. The summed E-state index contributed by atoms with van der Waals surface area (Å²) < 4.78 is 12.5. The molecule has 11 heteroatoms. The Morgan fingerprint density at radius 3 is 2.61 bits per heavy atom. The van der Waals surface area contributed by atoms with E-state index in [2.05, 4.69) is 32.5 Å². The summed E-state index contributed by atoms with van der Waals surface area (Å²) in [4.78, 5) is 33.3. The number of anilines is 3. The van der Waals surface area contributed by atoms with Gasteiger partial charge in [-0.2, -0.15) is 0 Å². The van der Waals surface area contributed by atoms with Gasteiger partial charge in [-0.05, 0) is 37.4 Å². The second kappa shape index (κ2) is 9.92. The number of oxazole rings is 1. The van der Waals surface area contributed by atoms with Crippen LogP contribution in [-0.2, 0) is 7.05 Å². The molecule has 2 aromatic heterocycles. The first-order valence-corrected chi connectivity index (χ1v) is 11.8. The number of nitrogens with one attached hydrogen (secondary N) is 2. The molecule has 5 rings (SSSR count). The summed E-state index contributed by atoms with van der Waals surface area (Å²) in [5, 5.41) is 6.21. The van der Waals surface area contributed by atoms with Crippen molar-refractivity contribution in [2.75, 3.05) is 48.8 Å². The number of hydrogen-bond donors (Lipinski definition) is 2. The molecule has 0 radical (unpaired) electrons. The molecule has 2 N–H and O–H groups in total.